The number of amides is 1. The molecule has 2 rings (SSSR count). The van der Waals surface area contributed by atoms with Gasteiger partial charge in [-0.2, -0.15) is 0 Å². The largest absolute Gasteiger partial charge is 0.322 e. The van der Waals surface area contributed by atoms with Crippen LogP contribution < -0.4 is 14.8 Å². The van der Waals surface area contributed by atoms with Crippen LogP contribution in [0.15, 0.2) is 53.4 Å². The fourth-order valence-electron chi connectivity index (χ4n) is 2.35. The molecule has 2 aromatic rings. The predicted octanol–water partition coefficient (Wildman–Crippen LogP) is 2.39. The molecule has 0 spiro atoms. The lowest BCUT2D eigenvalue weighted by Crippen LogP contribution is -2.24. The molecule has 0 fully saturated rings. The number of sulfonamides is 2. The van der Waals surface area contributed by atoms with Gasteiger partial charge >= 0.3 is 0 Å². The van der Waals surface area contributed by atoms with Crippen LogP contribution in [0.5, 0.6) is 0 Å². The van der Waals surface area contributed by atoms with Crippen molar-refractivity contribution in [2.45, 2.75) is 24.7 Å². The van der Waals surface area contributed by atoms with Crippen LogP contribution in [-0.4, -0.2) is 35.5 Å². The first-order chi connectivity index (χ1) is 13.1. The third kappa shape index (κ3) is 6.63. The maximum atomic E-state index is 12.5. The third-order valence-corrected chi connectivity index (χ3v) is 5.72. The molecule has 0 bridgehead atoms. The molecule has 10 heteroatoms. The number of anilines is 2. The number of hydrogen-bond acceptors (Lipinski definition) is 5. The Labute approximate surface area is 165 Å². The summed E-state index contributed by atoms with van der Waals surface area (Å²) in [7, 11) is -7.13. The Balaban J connectivity index is 2.16. The van der Waals surface area contributed by atoms with Crippen LogP contribution in [0.3, 0.4) is 0 Å². The van der Waals surface area contributed by atoms with E-state index >= 15 is 0 Å². The summed E-state index contributed by atoms with van der Waals surface area (Å²) in [5, 5.41) is 2.62. The summed E-state index contributed by atoms with van der Waals surface area (Å²) < 4.78 is 52.1. The average Bonchev–Trinajstić information content (AvgIpc) is 2.61. The van der Waals surface area contributed by atoms with E-state index in [1.54, 1.807) is 12.1 Å². The molecule has 28 heavy (non-hydrogen) atoms. The van der Waals surface area contributed by atoms with Crippen molar-refractivity contribution in [2.75, 3.05) is 22.8 Å². The minimum atomic E-state index is -3.66. The van der Waals surface area contributed by atoms with Crippen LogP contribution in [-0.2, 0) is 20.0 Å². The van der Waals surface area contributed by atoms with E-state index in [2.05, 4.69) is 14.8 Å². The van der Waals surface area contributed by atoms with E-state index in [0.717, 1.165) is 19.1 Å². The van der Waals surface area contributed by atoms with Crippen LogP contribution in [0.25, 0.3) is 0 Å². The van der Waals surface area contributed by atoms with Gasteiger partial charge in [0, 0.05) is 23.5 Å². The van der Waals surface area contributed by atoms with Crippen LogP contribution in [0, 0.1) is 0 Å². The molecule has 2 aromatic carbocycles. The average molecular weight is 426 g/mol. The van der Waals surface area contributed by atoms with Crippen molar-refractivity contribution in [1.82, 2.24) is 4.72 Å². The maximum Gasteiger partial charge on any atom is 0.255 e. The predicted molar refractivity (Wildman–Crippen MR) is 109 cm³/mol. The van der Waals surface area contributed by atoms with Gasteiger partial charge < -0.3 is 5.32 Å². The van der Waals surface area contributed by atoms with Gasteiger partial charge in [-0.25, -0.2) is 21.6 Å². The van der Waals surface area contributed by atoms with Crippen LogP contribution in [0.1, 0.15) is 30.1 Å². The van der Waals surface area contributed by atoms with Gasteiger partial charge in [-0.3, -0.25) is 9.52 Å². The van der Waals surface area contributed by atoms with E-state index in [-0.39, 0.29) is 16.1 Å². The number of nitrogens with one attached hydrogen (secondary N) is 3. The Hall–Kier alpha value is -2.43. The molecule has 0 saturated carbocycles. The molecule has 0 heterocycles. The van der Waals surface area contributed by atoms with Crippen molar-refractivity contribution >= 4 is 37.3 Å². The fourth-order valence-corrected chi connectivity index (χ4v) is 4.02. The molecular formula is C18H23N3O5S2. The topological polar surface area (TPSA) is 121 Å². The highest BCUT2D eigenvalue weighted by Crippen LogP contribution is 2.18. The van der Waals surface area contributed by atoms with E-state index in [1.807, 2.05) is 6.92 Å². The summed E-state index contributed by atoms with van der Waals surface area (Å²) in [6.45, 7) is 2.31. The molecule has 0 aliphatic heterocycles. The van der Waals surface area contributed by atoms with Gasteiger partial charge in [-0.15, -0.1) is 0 Å². The van der Waals surface area contributed by atoms with Crippen LogP contribution >= 0.6 is 0 Å². The zero-order chi connectivity index (χ0) is 20.8. The van der Waals surface area contributed by atoms with Gasteiger partial charge in [-0.05, 0) is 42.8 Å². The van der Waals surface area contributed by atoms with Gasteiger partial charge in [0.15, 0.2) is 0 Å². The number of unbranched alkanes of at least 4 members (excludes halogenated alkanes) is 1. The van der Waals surface area contributed by atoms with E-state index in [4.69, 9.17) is 0 Å². The highest BCUT2D eigenvalue weighted by Gasteiger charge is 2.15. The van der Waals surface area contributed by atoms with Gasteiger partial charge in [0.2, 0.25) is 20.0 Å². The van der Waals surface area contributed by atoms with E-state index < -0.39 is 26.0 Å². The monoisotopic (exact) mass is 425 g/mol. The molecule has 1 amide bonds. The van der Waals surface area contributed by atoms with E-state index in [0.29, 0.717) is 12.2 Å². The van der Waals surface area contributed by atoms with E-state index in [1.165, 1.54) is 36.4 Å². The highest BCUT2D eigenvalue weighted by molar-refractivity contribution is 7.92. The van der Waals surface area contributed by atoms with Crippen molar-refractivity contribution in [3.63, 3.8) is 0 Å². The summed E-state index contributed by atoms with van der Waals surface area (Å²) in [5.41, 5.74) is 0.791. The molecule has 0 aliphatic carbocycles. The van der Waals surface area contributed by atoms with Crippen molar-refractivity contribution in [3.8, 4) is 0 Å². The van der Waals surface area contributed by atoms with Crippen LogP contribution in [0.2, 0.25) is 0 Å². The molecule has 0 aliphatic rings. The van der Waals surface area contributed by atoms with Crippen molar-refractivity contribution < 1.29 is 21.6 Å². The normalized spacial score (nSPS) is 11.8. The second-order valence-electron chi connectivity index (χ2n) is 6.19. The number of hydrogen-bond donors (Lipinski definition) is 3. The Bertz CT molecular complexity index is 1050. The second kappa shape index (κ2) is 9.18. The molecular weight excluding hydrogens is 402 g/mol. The zero-order valence-corrected chi connectivity index (χ0v) is 17.2. The molecule has 8 nitrogen and oxygen atoms in total. The number of carbonyl (C=O) groups is 1. The molecule has 3 N–H and O–H groups in total. The standard InChI is InChI=1S/C18H23N3O5S2/c1-3-4-11-19-28(25,26)17-10-6-8-15(13-17)20-18(22)14-7-5-9-16(12-14)21-27(2,23)24/h5-10,12-13,19,21H,3-4,11H2,1-2H3,(H,20,22). The first-order valence-electron chi connectivity index (χ1n) is 8.59. The summed E-state index contributed by atoms with van der Waals surface area (Å²) in [6.07, 6.45) is 2.61. The van der Waals surface area contributed by atoms with Crippen molar-refractivity contribution in [2.24, 2.45) is 0 Å². The summed E-state index contributed by atoms with van der Waals surface area (Å²) >= 11 is 0. The molecule has 0 unspecified atom stereocenters. The van der Waals surface area contributed by atoms with Crippen molar-refractivity contribution in [3.05, 3.63) is 54.1 Å². The Kier molecular flexibility index (Phi) is 7.17. The number of benzene rings is 2. The summed E-state index contributed by atoms with van der Waals surface area (Å²) in [4.78, 5) is 12.5. The van der Waals surface area contributed by atoms with Crippen LogP contribution in [0.4, 0.5) is 11.4 Å². The molecule has 0 atom stereocenters. The number of carbonyl (C=O) groups excluding carboxylic acids is 1. The van der Waals surface area contributed by atoms with Gasteiger partial charge in [0.05, 0.1) is 11.2 Å². The number of rotatable bonds is 9. The smallest absolute Gasteiger partial charge is 0.255 e. The van der Waals surface area contributed by atoms with E-state index in [9.17, 15) is 21.6 Å². The fraction of sp³-hybridized carbons (Fsp3) is 0.278. The Morgan fingerprint density at radius 1 is 0.964 bits per heavy atom. The zero-order valence-electron chi connectivity index (χ0n) is 15.6. The lowest BCUT2D eigenvalue weighted by molar-refractivity contribution is 0.102. The van der Waals surface area contributed by atoms with Gasteiger partial charge in [0.25, 0.3) is 5.91 Å². The summed E-state index contributed by atoms with van der Waals surface area (Å²) in [5.74, 6) is -0.495. The Morgan fingerprint density at radius 3 is 2.32 bits per heavy atom. The molecule has 0 radical (unpaired) electrons. The van der Waals surface area contributed by atoms with Crippen molar-refractivity contribution in [1.29, 1.82) is 0 Å². The maximum absolute atomic E-state index is 12.5. The highest BCUT2D eigenvalue weighted by atomic mass is 32.2. The lowest BCUT2D eigenvalue weighted by atomic mass is 10.2. The minimum absolute atomic E-state index is 0.0499. The van der Waals surface area contributed by atoms with Gasteiger partial charge in [0.1, 0.15) is 0 Å². The quantitative estimate of drug-likeness (QED) is 0.533. The first-order valence-corrected chi connectivity index (χ1v) is 12.0. The minimum Gasteiger partial charge on any atom is -0.322 e. The molecule has 152 valence electrons. The Morgan fingerprint density at radius 2 is 1.64 bits per heavy atom. The SMILES string of the molecule is CCCCNS(=O)(=O)c1cccc(NC(=O)c2cccc(NS(C)(=O)=O)c2)c1. The van der Waals surface area contributed by atoms with Gasteiger partial charge in [-0.1, -0.05) is 25.5 Å². The molecule has 0 aromatic heterocycles. The second-order valence-corrected chi connectivity index (χ2v) is 9.70. The lowest BCUT2D eigenvalue weighted by Gasteiger charge is -2.10. The third-order valence-electron chi connectivity index (χ3n) is 3.65. The first kappa shape index (κ1) is 21.9. The summed E-state index contributed by atoms with van der Waals surface area (Å²) in [6, 6.07) is 11.9. The molecule has 0 saturated heterocycles.